The zero-order chi connectivity index (χ0) is 22.2. The van der Waals surface area contributed by atoms with Gasteiger partial charge in [0.25, 0.3) is 0 Å². The number of thiophene rings is 1. The Hall–Kier alpha value is -1.11. The molecule has 4 aromatic carbocycles. The molecule has 0 aliphatic rings. The van der Waals surface area contributed by atoms with Crippen LogP contribution in [0, 0.1) is 10.7 Å². The summed E-state index contributed by atoms with van der Waals surface area (Å²) in [6.45, 7) is 1.93. The molecule has 32 heavy (non-hydrogen) atoms. The zero-order valence-electron chi connectivity index (χ0n) is 17.0. The summed E-state index contributed by atoms with van der Waals surface area (Å²) in [7, 11) is -0.0910. The molecule has 0 aliphatic carbocycles. The molecular weight excluding hydrogens is 757 g/mol. The van der Waals surface area contributed by atoms with E-state index in [0.717, 1.165) is 18.6 Å². The summed E-state index contributed by atoms with van der Waals surface area (Å²) in [5, 5.41) is 2.69. The van der Waals surface area contributed by atoms with Crippen molar-refractivity contribution in [3.05, 3.63) is 95.6 Å². The van der Waals surface area contributed by atoms with E-state index in [1.165, 1.54) is 28.6 Å². The third-order valence-corrected chi connectivity index (χ3v) is 9.67. The van der Waals surface area contributed by atoms with Crippen LogP contribution in [0.15, 0.2) is 84.9 Å². The van der Waals surface area contributed by atoms with Gasteiger partial charge in [-0.2, -0.15) is 0 Å². The average molecular weight is 775 g/mol. The Morgan fingerprint density at radius 2 is 1.22 bits per heavy atom. The summed E-state index contributed by atoms with van der Waals surface area (Å²) < 4.78 is 18.4. The van der Waals surface area contributed by atoms with Gasteiger partial charge in [-0.15, -0.1) is 0 Å². The van der Waals surface area contributed by atoms with Crippen LogP contribution in [-0.2, 0) is 0 Å². The molecule has 2 nitrogen and oxygen atoms in total. The molecule has 0 saturated heterocycles. The Balaban J connectivity index is 1.42. The van der Waals surface area contributed by atoms with Gasteiger partial charge >= 0.3 is 0 Å². The van der Waals surface area contributed by atoms with Crippen molar-refractivity contribution < 1.29 is 9.47 Å². The first-order chi connectivity index (χ1) is 15.5. The molecule has 0 spiro atoms. The summed E-state index contributed by atoms with van der Waals surface area (Å²) in [6.07, 6.45) is -0.390. The van der Waals surface area contributed by atoms with E-state index in [4.69, 9.17) is 9.47 Å². The first-order valence-electron chi connectivity index (χ1n) is 10.0. The van der Waals surface area contributed by atoms with Gasteiger partial charge in [-0.05, 0) is 116 Å². The largest absolute Gasteiger partial charge is 0.455 e. The minimum absolute atomic E-state index is 0.0910. The van der Waals surface area contributed by atoms with Crippen LogP contribution in [0.4, 0.5) is 0 Å². The molecule has 0 saturated carbocycles. The van der Waals surface area contributed by atoms with Crippen LogP contribution in [-0.4, -0.2) is 6.29 Å². The number of benzene rings is 4. The summed E-state index contributed by atoms with van der Waals surface area (Å²) in [6, 6.07) is 30.2. The minimum Gasteiger partial charge on any atom is -0.455 e. The van der Waals surface area contributed by atoms with Crippen molar-refractivity contribution in [3.63, 3.8) is 0 Å². The number of fused-ring (bicyclic) bond motifs is 3. The third kappa shape index (κ3) is 4.47. The molecule has 0 amide bonds. The Labute approximate surface area is 230 Å². The number of halogens is 3. The van der Waals surface area contributed by atoms with Gasteiger partial charge < -0.3 is 9.47 Å². The van der Waals surface area contributed by atoms with Gasteiger partial charge in [0.1, 0.15) is 5.75 Å². The van der Waals surface area contributed by atoms with Crippen molar-refractivity contribution in [1.29, 1.82) is 0 Å². The predicted octanol–water partition coefficient (Wildman–Crippen LogP) is 9.35. The smallest absolute Gasteiger partial charge is 0.238 e. The maximum Gasteiger partial charge on any atom is 0.238 e. The number of hydrogen-bond donors (Lipinski definition) is 0. The van der Waals surface area contributed by atoms with Gasteiger partial charge in [-0.25, -0.2) is 0 Å². The molecule has 5 aromatic rings. The van der Waals surface area contributed by atoms with Gasteiger partial charge in [-0.3, -0.25) is 0 Å². The Morgan fingerprint density at radius 1 is 0.688 bits per heavy atom. The van der Waals surface area contributed by atoms with Crippen LogP contribution in [0.25, 0.3) is 25.1 Å². The fraction of sp³-hybridized carbons (Fsp3) is 0.0769. The predicted molar refractivity (Wildman–Crippen MR) is 161 cm³/mol. The molecule has 5 rings (SSSR count). The molecule has 1 atom stereocenters. The highest BCUT2D eigenvalue weighted by molar-refractivity contribution is 14.1. The molecule has 0 fully saturated rings. The van der Waals surface area contributed by atoms with Gasteiger partial charge in [0, 0.05) is 43.9 Å². The second-order valence-corrected chi connectivity index (χ2v) is 12.8. The van der Waals surface area contributed by atoms with Crippen LogP contribution < -0.4 is 9.47 Å². The van der Waals surface area contributed by atoms with E-state index >= 15 is 0 Å². The maximum atomic E-state index is 6.12. The summed E-state index contributed by atoms with van der Waals surface area (Å²) in [5.74, 6) is 1.68. The van der Waals surface area contributed by atoms with Crippen LogP contribution >= 0.6 is 78.2 Å². The number of ether oxygens (including phenoxy) is 2. The van der Waals surface area contributed by atoms with E-state index in [2.05, 4.69) is 153 Å². The molecule has 1 aromatic heterocycles. The molecule has 0 radical (unpaired) electrons. The van der Waals surface area contributed by atoms with E-state index in [1.807, 2.05) is 6.92 Å². The van der Waals surface area contributed by atoms with Crippen molar-refractivity contribution in [2.24, 2.45) is 0 Å². The molecular formula is C26H18I3O2S+. The van der Waals surface area contributed by atoms with Crippen molar-refractivity contribution in [3.8, 4) is 16.4 Å². The van der Waals surface area contributed by atoms with Gasteiger partial charge in [-0.1, -0.05) is 24.3 Å². The number of rotatable bonds is 5. The zero-order valence-corrected chi connectivity index (χ0v) is 24.3. The van der Waals surface area contributed by atoms with Crippen molar-refractivity contribution >= 4 is 98.4 Å². The highest BCUT2D eigenvalue weighted by Crippen LogP contribution is 2.48. The van der Waals surface area contributed by atoms with Crippen molar-refractivity contribution in [2.75, 3.05) is 0 Å². The van der Waals surface area contributed by atoms with Crippen LogP contribution in [0.5, 0.6) is 11.5 Å². The topological polar surface area (TPSA) is 18.5 Å². The molecule has 0 bridgehead atoms. The molecule has 1 heterocycles. The lowest BCUT2D eigenvalue weighted by molar-refractivity contribution is 0.0209. The SMILES string of the molecule is CC(Oc1ccc(-[s+]2c3ccccc3c3ccccc32)cc1)Oc1c(I)cc(I)cc1I. The standard InChI is InChI=1S/C26H18I3O2S/c1-16(31-26-22(28)14-17(27)15-23(26)29)30-18-10-12-19(13-11-18)32-24-8-4-2-6-20(24)21-7-3-5-9-25(21)32/h2-16H,1H3/q+1. The monoisotopic (exact) mass is 775 g/mol. The van der Waals surface area contributed by atoms with E-state index in [9.17, 15) is 0 Å². The lowest BCUT2D eigenvalue weighted by Gasteiger charge is -2.18. The summed E-state index contributed by atoms with van der Waals surface area (Å²) in [4.78, 5) is 1.30. The van der Waals surface area contributed by atoms with Crippen LogP contribution in [0.1, 0.15) is 6.92 Å². The minimum atomic E-state index is -0.390. The molecule has 0 N–H and O–H groups in total. The first kappa shape index (κ1) is 22.7. The second kappa shape index (κ2) is 9.63. The van der Waals surface area contributed by atoms with Crippen molar-refractivity contribution in [1.82, 2.24) is 0 Å². The van der Waals surface area contributed by atoms with E-state index < -0.39 is 6.29 Å². The Morgan fingerprint density at radius 3 is 1.78 bits per heavy atom. The third-order valence-electron chi connectivity index (χ3n) is 5.11. The summed E-state index contributed by atoms with van der Waals surface area (Å²) >= 11 is 6.95. The number of hydrogen-bond acceptors (Lipinski definition) is 2. The molecule has 160 valence electrons. The van der Waals surface area contributed by atoms with E-state index in [0.29, 0.717) is 0 Å². The van der Waals surface area contributed by atoms with Gasteiger partial charge in [0.2, 0.25) is 6.29 Å². The van der Waals surface area contributed by atoms with E-state index in [1.54, 1.807) is 0 Å². The lowest BCUT2D eigenvalue weighted by Crippen LogP contribution is -2.20. The fourth-order valence-corrected chi connectivity index (χ4v) is 10.00. The molecule has 0 aliphatic heterocycles. The normalized spacial score (nSPS) is 12.2. The van der Waals surface area contributed by atoms with Gasteiger partial charge in [0.15, 0.2) is 20.0 Å². The van der Waals surface area contributed by atoms with E-state index in [-0.39, 0.29) is 10.5 Å². The van der Waals surface area contributed by atoms with Crippen LogP contribution in [0.3, 0.4) is 0 Å². The maximum absolute atomic E-state index is 6.12. The van der Waals surface area contributed by atoms with Gasteiger partial charge in [0.05, 0.1) is 7.14 Å². The average Bonchev–Trinajstić information content (AvgIpc) is 3.11. The highest BCUT2D eigenvalue weighted by Gasteiger charge is 2.23. The fourth-order valence-electron chi connectivity index (χ4n) is 3.78. The quantitative estimate of drug-likeness (QED) is 0.101. The Kier molecular flexibility index (Phi) is 6.82. The second-order valence-electron chi connectivity index (χ2n) is 7.27. The highest BCUT2D eigenvalue weighted by atomic mass is 127. The summed E-state index contributed by atoms with van der Waals surface area (Å²) in [5.41, 5.74) is 0. The first-order valence-corrected chi connectivity index (χ1v) is 14.5. The molecule has 1 unspecified atom stereocenters. The van der Waals surface area contributed by atoms with Crippen LogP contribution in [0.2, 0.25) is 0 Å². The lowest BCUT2D eigenvalue weighted by atomic mass is 10.2. The van der Waals surface area contributed by atoms with Crippen molar-refractivity contribution in [2.45, 2.75) is 13.2 Å². The Bertz CT molecular complexity index is 1350. The molecule has 6 heteroatoms.